The van der Waals surface area contributed by atoms with E-state index < -0.39 is 11.8 Å². The number of likely N-dealkylation sites (tertiary alicyclic amines) is 1. The number of rotatable bonds is 10. The molecule has 2 unspecified atom stereocenters. The first-order valence-corrected chi connectivity index (χ1v) is 11.8. The molecule has 172 valence electrons. The highest BCUT2D eigenvalue weighted by Gasteiger charge is 2.49. The van der Waals surface area contributed by atoms with Crippen LogP contribution in [0.15, 0.2) is 51.2 Å². The number of thioether (sulfide) groups is 1. The number of nitrogens with one attached hydrogen (secondary N) is 1. The molecule has 1 aromatic carbocycles. The van der Waals surface area contributed by atoms with Crippen molar-refractivity contribution in [2.45, 2.75) is 38.5 Å². The molecule has 2 amide bonds. The van der Waals surface area contributed by atoms with Gasteiger partial charge in [-0.05, 0) is 37.0 Å². The molecule has 2 rings (SSSR count). The molecule has 0 spiro atoms. The summed E-state index contributed by atoms with van der Waals surface area (Å²) in [5.41, 5.74) is 1.41. The fraction of sp³-hybridized carbons (Fsp3) is 0.435. The second kappa shape index (κ2) is 12.2. The van der Waals surface area contributed by atoms with E-state index in [-0.39, 0.29) is 37.7 Å². The summed E-state index contributed by atoms with van der Waals surface area (Å²) in [5, 5.41) is 13.4. The molecule has 2 atom stereocenters. The van der Waals surface area contributed by atoms with Crippen molar-refractivity contribution in [1.29, 1.82) is 5.26 Å². The number of hydrogen-bond donors (Lipinski definition) is 1. The average Bonchev–Trinajstić information content (AvgIpc) is 3.18. The average molecular weight is 522 g/mol. The van der Waals surface area contributed by atoms with Crippen molar-refractivity contribution in [1.82, 2.24) is 10.2 Å². The number of amides is 2. The molecule has 1 aromatic rings. The lowest BCUT2D eigenvalue weighted by molar-refractivity contribution is -0.210. The molecule has 1 aliphatic rings. The Hall–Kier alpha value is -2.12. The number of nitrogens with zero attached hydrogens (tertiary/aromatic N) is 2. The molecule has 1 heterocycles. The number of allylic oxidation sites excluding steroid dienone is 1. The van der Waals surface area contributed by atoms with Gasteiger partial charge >= 0.3 is 0 Å². The van der Waals surface area contributed by atoms with Gasteiger partial charge in [0.2, 0.25) is 11.8 Å². The van der Waals surface area contributed by atoms with E-state index in [1.807, 2.05) is 37.3 Å². The predicted octanol–water partition coefficient (Wildman–Crippen LogP) is 3.76. The molecule has 0 radical (unpaired) electrons. The van der Waals surface area contributed by atoms with Crippen molar-refractivity contribution in [3.63, 3.8) is 0 Å². The van der Waals surface area contributed by atoms with Crippen LogP contribution in [0.5, 0.6) is 0 Å². The van der Waals surface area contributed by atoms with Crippen molar-refractivity contribution in [3.05, 3.63) is 56.8 Å². The number of hydrogen-bond acceptors (Lipinski definition) is 6. The Morgan fingerprint density at radius 1 is 1.44 bits per heavy atom. The van der Waals surface area contributed by atoms with E-state index in [4.69, 9.17) is 14.7 Å². The summed E-state index contributed by atoms with van der Waals surface area (Å²) in [6, 6.07) is 8.81. The van der Waals surface area contributed by atoms with Gasteiger partial charge in [-0.25, -0.2) is 0 Å². The third kappa shape index (κ3) is 7.20. The quantitative estimate of drug-likeness (QED) is 0.372. The number of ether oxygens (including phenoxy) is 2. The third-order valence-electron chi connectivity index (χ3n) is 5.00. The van der Waals surface area contributed by atoms with Crippen molar-refractivity contribution in [2.75, 3.05) is 26.8 Å². The molecular formula is C23H28BrN3O4S. The normalized spacial score (nSPS) is 20.7. The molecule has 1 aliphatic heterocycles. The van der Waals surface area contributed by atoms with E-state index in [1.165, 1.54) is 23.8 Å². The van der Waals surface area contributed by atoms with Gasteiger partial charge in [-0.1, -0.05) is 34.6 Å². The molecule has 0 aromatic heterocycles. The minimum Gasteiger partial charge on any atom is -0.351 e. The number of halogens is 1. The smallest absolute Gasteiger partial charge is 0.243 e. The topological polar surface area (TPSA) is 91.7 Å². The second-order valence-corrected chi connectivity index (χ2v) is 9.34. The highest BCUT2D eigenvalue weighted by molar-refractivity contribution is 9.10. The monoisotopic (exact) mass is 521 g/mol. The largest absolute Gasteiger partial charge is 0.351 e. The number of benzene rings is 1. The lowest BCUT2D eigenvalue weighted by Crippen LogP contribution is -2.47. The van der Waals surface area contributed by atoms with Crippen LogP contribution in [0.4, 0.5) is 0 Å². The van der Waals surface area contributed by atoms with Gasteiger partial charge in [0.05, 0.1) is 19.0 Å². The van der Waals surface area contributed by atoms with Gasteiger partial charge in [0.1, 0.15) is 6.04 Å². The van der Waals surface area contributed by atoms with Gasteiger partial charge < -0.3 is 19.7 Å². The molecule has 1 fully saturated rings. The van der Waals surface area contributed by atoms with Gasteiger partial charge in [0.25, 0.3) is 0 Å². The van der Waals surface area contributed by atoms with Gasteiger partial charge in [0.15, 0.2) is 5.79 Å². The minimum absolute atomic E-state index is 0.170. The molecule has 9 heteroatoms. The Labute approximate surface area is 201 Å². The van der Waals surface area contributed by atoms with Crippen LogP contribution in [0.1, 0.15) is 25.8 Å². The van der Waals surface area contributed by atoms with E-state index >= 15 is 0 Å². The van der Waals surface area contributed by atoms with E-state index in [0.717, 1.165) is 10.0 Å². The van der Waals surface area contributed by atoms with Crippen LogP contribution in [-0.4, -0.2) is 55.3 Å². The predicted molar refractivity (Wildman–Crippen MR) is 128 cm³/mol. The molecule has 1 saturated heterocycles. The Kier molecular flexibility index (Phi) is 9.97. The molecule has 1 N–H and O–H groups in total. The summed E-state index contributed by atoms with van der Waals surface area (Å²) in [6.45, 7) is 8.25. The molecule has 32 heavy (non-hydrogen) atoms. The van der Waals surface area contributed by atoms with Crippen LogP contribution in [0.25, 0.3) is 0 Å². The van der Waals surface area contributed by atoms with Crippen LogP contribution >= 0.6 is 27.7 Å². The second-order valence-electron chi connectivity index (χ2n) is 7.38. The Balaban J connectivity index is 2.11. The van der Waals surface area contributed by atoms with E-state index in [2.05, 4.69) is 27.8 Å². The Morgan fingerprint density at radius 2 is 2.12 bits per heavy atom. The maximum absolute atomic E-state index is 13.1. The van der Waals surface area contributed by atoms with Crippen LogP contribution in [0.3, 0.4) is 0 Å². The lowest BCUT2D eigenvalue weighted by atomic mass is 10.1. The molecule has 0 aliphatic carbocycles. The molecule has 7 nitrogen and oxygen atoms in total. The Bertz CT molecular complexity index is 913. The maximum atomic E-state index is 13.1. The molecule has 0 saturated carbocycles. The van der Waals surface area contributed by atoms with Crippen molar-refractivity contribution in [2.24, 2.45) is 0 Å². The highest BCUT2D eigenvalue weighted by atomic mass is 79.9. The van der Waals surface area contributed by atoms with Crippen LogP contribution in [0.2, 0.25) is 0 Å². The van der Waals surface area contributed by atoms with E-state index in [0.29, 0.717) is 17.1 Å². The zero-order chi connectivity index (χ0) is 23.7. The fourth-order valence-electron chi connectivity index (χ4n) is 3.33. The van der Waals surface area contributed by atoms with Gasteiger partial charge in [0, 0.05) is 41.6 Å². The summed E-state index contributed by atoms with van der Waals surface area (Å²) >= 11 is 4.68. The minimum atomic E-state index is -1.02. The van der Waals surface area contributed by atoms with Crippen LogP contribution in [0, 0.1) is 11.3 Å². The maximum Gasteiger partial charge on any atom is 0.243 e. The number of methoxy groups -OCH3 is 1. The van der Waals surface area contributed by atoms with Crippen molar-refractivity contribution in [3.8, 4) is 6.07 Å². The van der Waals surface area contributed by atoms with Gasteiger partial charge in [-0.2, -0.15) is 5.26 Å². The number of carbonyl (C=O) groups is 2. The zero-order valence-corrected chi connectivity index (χ0v) is 20.9. The van der Waals surface area contributed by atoms with Gasteiger partial charge in [-0.15, -0.1) is 11.8 Å². The summed E-state index contributed by atoms with van der Waals surface area (Å²) < 4.78 is 12.3. The summed E-state index contributed by atoms with van der Waals surface area (Å²) in [4.78, 5) is 28.4. The molecule has 0 bridgehead atoms. The van der Waals surface area contributed by atoms with Crippen LogP contribution in [-0.2, 0) is 25.5 Å². The summed E-state index contributed by atoms with van der Waals surface area (Å²) in [6.07, 6.45) is 0.409. The lowest BCUT2D eigenvalue weighted by Gasteiger charge is -2.27. The van der Waals surface area contributed by atoms with Crippen molar-refractivity contribution < 1.29 is 19.1 Å². The third-order valence-corrected chi connectivity index (χ3v) is 6.48. The number of carbonyl (C=O) groups excluding carboxylic acids is 2. The standard InChI is InChI=1S/C23H28BrN3O4S/c1-5-31-23(30-4)11-20(22(29)26-13-17(3)32-14-16(2)12-25)27(15-23)21(28)10-18-6-8-19(24)9-7-18/h6-9,14,20H,3,5,10-11,13,15H2,1-2,4H3,(H,26,29)/b16-14+. The SMILES string of the molecule is C=C(CNC(=O)C1CC(OC)(OCC)CN1C(=O)Cc1ccc(Br)cc1)S/C=C(\C)C#N. The molecular weight excluding hydrogens is 494 g/mol. The first-order valence-electron chi connectivity index (χ1n) is 10.2. The van der Waals surface area contributed by atoms with Crippen molar-refractivity contribution >= 4 is 39.5 Å². The number of nitriles is 1. The Morgan fingerprint density at radius 3 is 2.72 bits per heavy atom. The first kappa shape index (κ1) is 26.1. The zero-order valence-electron chi connectivity index (χ0n) is 18.5. The van der Waals surface area contributed by atoms with Crippen LogP contribution < -0.4 is 5.32 Å². The van der Waals surface area contributed by atoms with E-state index in [1.54, 1.807) is 12.3 Å². The van der Waals surface area contributed by atoms with Gasteiger partial charge in [-0.3, -0.25) is 9.59 Å². The van der Waals surface area contributed by atoms with E-state index in [9.17, 15) is 9.59 Å². The first-order chi connectivity index (χ1) is 15.2. The summed E-state index contributed by atoms with van der Waals surface area (Å²) in [5.74, 6) is -1.49. The summed E-state index contributed by atoms with van der Waals surface area (Å²) in [7, 11) is 1.52. The highest BCUT2D eigenvalue weighted by Crippen LogP contribution is 2.32. The fourth-order valence-corrected chi connectivity index (χ4v) is 4.15.